The normalized spacial score (nSPS) is 11.6. The first-order chi connectivity index (χ1) is 11.8. The van der Waals surface area contributed by atoms with Gasteiger partial charge in [-0.1, -0.05) is 38.1 Å². The van der Waals surface area contributed by atoms with Gasteiger partial charge in [-0.05, 0) is 43.0 Å². The van der Waals surface area contributed by atoms with Gasteiger partial charge < -0.3 is 10.1 Å². The van der Waals surface area contributed by atoms with Crippen molar-refractivity contribution in [2.45, 2.75) is 39.7 Å². The maximum absolute atomic E-state index is 12.5. The summed E-state index contributed by atoms with van der Waals surface area (Å²) in [6, 6.07) is 12.1. The molecule has 4 heteroatoms. The quantitative estimate of drug-likeness (QED) is 0.830. The molecule has 0 spiro atoms. The highest BCUT2D eigenvalue weighted by atomic mass is 16.5. The van der Waals surface area contributed by atoms with E-state index in [-0.39, 0.29) is 5.91 Å². The SMILES string of the molecule is COCc1cccc(-c2ccc(C(C)(C)C(=O)NCC(C)C)cn2)c1. The van der Waals surface area contributed by atoms with Crippen molar-refractivity contribution in [1.82, 2.24) is 10.3 Å². The summed E-state index contributed by atoms with van der Waals surface area (Å²) in [6.07, 6.45) is 1.80. The van der Waals surface area contributed by atoms with E-state index < -0.39 is 5.41 Å². The second-order valence-electron chi connectivity index (χ2n) is 7.29. The van der Waals surface area contributed by atoms with Crippen LogP contribution in [0.2, 0.25) is 0 Å². The van der Waals surface area contributed by atoms with Crippen LogP contribution in [0.5, 0.6) is 0 Å². The zero-order valence-electron chi connectivity index (χ0n) is 15.8. The molecule has 1 aromatic carbocycles. The van der Waals surface area contributed by atoms with Crippen LogP contribution in [0.3, 0.4) is 0 Å². The van der Waals surface area contributed by atoms with Crippen LogP contribution < -0.4 is 5.32 Å². The summed E-state index contributed by atoms with van der Waals surface area (Å²) in [4.78, 5) is 17.1. The number of ether oxygens (including phenoxy) is 1. The van der Waals surface area contributed by atoms with E-state index in [0.29, 0.717) is 19.1 Å². The minimum Gasteiger partial charge on any atom is -0.380 e. The number of hydrogen-bond donors (Lipinski definition) is 1. The van der Waals surface area contributed by atoms with E-state index in [1.165, 1.54) is 0 Å². The van der Waals surface area contributed by atoms with E-state index in [1.807, 2.05) is 44.2 Å². The van der Waals surface area contributed by atoms with Gasteiger partial charge >= 0.3 is 0 Å². The molecular weight excluding hydrogens is 312 g/mol. The van der Waals surface area contributed by atoms with Gasteiger partial charge in [-0.2, -0.15) is 0 Å². The van der Waals surface area contributed by atoms with E-state index in [2.05, 4.69) is 30.2 Å². The number of aromatic nitrogens is 1. The standard InChI is InChI=1S/C21H28N2O2/c1-15(2)12-23-20(24)21(3,4)18-9-10-19(22-13-18)17-8-6-7-16(11-17)14-25-5/h6-11,13,15H,12,14H2,1-5H3,(H,23,24). The molecule has 0 unspecified atom stereocenters. The lowest BCUT2D eigenvalue weighted by molar-refractivity contribution is -0.125. The number of benzene rings is 1. The molecule has 0 aliphatic heterocycles. The average Bonchev–Trinajstić information content (AvgIpc) is 2.60. The highest BCUT2D eigenvalue weighted by Crippen LogP contribution is 2.25. The van der Waals surface area contributed by atoms with Gasteiger partial charge in [-0.25, -0.2) is 0 Å². The number of nitrogens with zero attached hydrogens (tertiary/aromatic N) is 1. The Labute approximate surface area is 150 Å². The van der Waals surface area contributed by atoms with Gasteiger partial charge in [-0.3, -0.25) is 9.78 Å². The Morgan fingerprint density at radius 1 is 1.24 bits per heavy atom. The maximum Gasteiger partial charge on any atom is 0.230 e. The van der Waals surface area contributed by atoms with Crippen LogP contribution in [0.15, 0.2) is 42.6 Å². The number of carbonyl (C=O) groups excluding carboxylic acids is 1. The molecule has 0 saturated heterocycles. The fraction of sp³-hybridized carbons (Fsp3) is 0.429. The second kappa shape index (κ2) is 8.26. The van der Waals surface area contributed by atoms with Crippen molar-refractivity contribution in [2.75, 3.05) is 13.7 Å². The summed E-state index contributed by atoms with van der Waals surface area (Å²) < 4.78 is 5.18. The predicted octanol–water partition coefficient (Wildman–Crippen LogP) is 3.94. The number of methoxy groups -OCH3 is 1. The van der Waals surface area contributed by atoms with Crippen molar-refractivity contribution in [3.8, 4) is 11.3 Å². The molecule has 134 valence electrons. The first-order valence-electron chi connectivity index (χ1n) is 8.67. The Morgan fingerprint density at radius 3 is 2.60 bits per heavy atom. The summed E-state index contributed by atoms with van der Waals surface area (Å²) in [6.45, 7) is 9.29. The first kappa shape index (κ1) is 19.1. The molecule has 2 rings (SSSR count). The summed E-state index contributed by atoms with van der Waals surface area (Å²) in [5.74, 6) is 0.456. The molecule has 4 nitrogen and oxygen atoms in total. The summed E-state index contributed by atoms with van der Waals surface area (Å²) >= 11 is 0. The lowest BCUT2D eigenvalue weighted by Gasteiger charge is -2.24. The Morgan fingerprint density at radius 2 is 2.00 bits per heavy atom. The van der Waals surface area contributed by atoms with E-state index in [4.69, 9.17) is 4.74 Å². The monoisotopic (exact) mass is 340 g/mol. The van der Waals surface area contributed by atoms with Gasteiger partial charge in [0.2, 0.25) is 5.91 Å². The Hall–Kier alpha value is -2.20. The number of amides is 1. The van der Waals surface area contributed by atoms with Crippen LogP contribution in [-0.2, 0) is 21.6 Å². The van der Waals surface area contributed by atoms with E-state index >= 15 is 0 Å². The molecule has 0 aliphatic carbocycles. The summed E-state index contributed by atoms with van der Waals surface area (Å²) in [5, 5.41) is 3.01. The zero-order chi connectivity index (χ0) is 18.4. The molecule has 1 heterocycles. The van der Waals surface area contributed by atoms with Gasteiger partial charge in [0.1, 0.15) is 0 Å². The molecule has 0 aliphatic rings. The third-order valence-corrected chi connectivity index (χ3v) is 4.26. The van der Waals surface area contributed by atoms with Gasteiger partial charge in [0.15, 0.2) is 0 Å². The maximum atomic E-state index is 12.5. The minimum absolute atomic E-state index is 0.0258. The number of pyridine rings is 1. The third kappa shape index (κ3) is 4.89. The Kier molecular flexibility index (Phi) is 6.32. The largest absolute Gasteiger partial charge is 0.380 e. The molecule has 0 fully saturated rings. The van der Waals surface area contributed by atoms with E-state index in [9.17, 15) is 4.79 Å². The molecule has 1 aromatic heterocycles. The molecular formula is C21H28N2O2. The fourth-order valence-electron chi connectivity index (χ4n) is 2.57. The third-order valence-electron chi connectivity index (χ3n) is 4.26. The summed E-state index contributed by atoms with van der Waals surface area (Å²) in [5.41, 5.74) is 3.34. The van der Waals surface area contributed by atoms with Gasteiger partial charge in [0.25, 0.3) is 0 Å². The topological polar surface area (TPSA) is 51.2 Å². The number of hydrogen-bond acceptors (Lipinski definition) is 3. The van der Waals surface area contributed by atoms with Crippen LogP contribution in [-0.4, -0.2) is 24.5 Å². The van der Waals surface area contributed by atoms with Crippen molar-refractivity contribution in [3.63, 3.8) is 0 Å². The molecule has 0 saturated carbocycles. The number of carbonyl (C=O) groups is 1. The lowest BCUT2D eigenvalue weighted by Crippen LogP contribution is -2.41. The molecule has 25 heavy (non-hydrogen) atoms. The highest BCUT2D eigenvalue weighted by molar-refractivity contribution is 5.87. The van der Waals surface area contributed by atoms with Crippen molar-refractivity contribution in [2.24, 2.45) is 5.92 Å². The van der Waals surface area contributed by atoms with Gasteiger partial charge in [0, 0.05) is 25.4 Å². The van der Waals surface area contributed by atoms with Crippen molar-refractivity contribution < 1.29 is 9.53 Å². The van der Waals surface area contributed by atoms with Crippen LogP contribution >= 0.6 is 0 Å². The molecule has 0 radical (unpaired) electrons. The van der Waals surface area contributed by atoms with Crippen LogP contribution in [0, 0.1) is 5.92 Å². The first-order valence-corrected chi connectivity index (χ1v) is 8.67. The average molecular weight is 340 g/mol. The molecule has 0 bridgehead atoms. The van der Waals surface area contributed by atoms with Crippen molar-refractivity contribution in [3.05, 3.63) is 53.7 Å². The predicted molar refractivity (Wildman–Crippen MR) is 101 cm³/mol. The molecule has 0 atom stereocenters. The number of nitrogens with one attached hydrogen (secondary N) is 1. The second-order valence-corrected chi connectivity index (χ2v) is 7.29. The minimum atomic E-state index is -0.613. The van der Waals surface area contributed by atoms with Crippen LogP contribution in [0.1, 0.15) is 38.8 Å². The highest BCUT2D eigenvalue weighted by Gasteiger charge is 2.30. The van der Waals surface area contributed by atoms with Gasteiger partial charge in [0.05, 0.1) is 17.7 Å². The Bertz CT molecular complexity index is 706. The van der Waals surface area contributed by atoms with Crippen LogP contribution in [0.4, 0.5) is 0 Å². The van der Waals surface area contributed by atoms with Crippen LogP contribution in [0.25, 0.3) is 11.3 Å². The van der Waals surface area contributed by atoms with Crippen molar-refractivity contribution >= 4 is 5.91 Å². The van der Waals surface area contributed by atoms with E-state index in [1.54, 1.807) is 13.3 Å². The summed E-state index contributed by atoms with van der Waals surface area (Å²) in [7, 11) is 1.69. The number of rotatable bonds is 7. The van der Waals surface area contributed by atoms with Crippen molar-refractivity contribution in [1.29, 1.82) is 0 Å². The Balaban J connectivity index is 2.18. The van der Waals surface area contributed by atoms with E-state index in [0.717, 1.165) is 22.4 Å². The molecule has 1 N–H and O–H groups in total. The lowest BCUT2D eigenvalue weighted by atomic mass is 9.84. The smallest absolute Gasteiger partial charge is 0.230 e. The molecule has 1 amide bonds. The van der Waals surface area contributed by atoms with Gasteiger partial charge in [-0.15, -0.1) is 0 Å². The molecule has 2 aromatic rings. The zero-order valence-corrected chi connectivity index (χ0v) is 15.8. The fourth-order valence-corrected chi connectivity index (χ4v) is 2.57.